The van der Waals surface area contributed by atoms with Crippen LogP contribution in [0.5, 0.6) is 0 Å². The molecule has 34 heavy (non-hydrogen) atoms. The van der Waals surface area contributed by atoms with Crippen molar-refractivity contribution in [2.45, 2.75) is 69.3 Å². The summed E-state index contributed by atoms with van der Waals surface area (Å²) in [5.74, 6) is 0.296. The molecular formula is C29H42N2O3. The van der Waals surface area contributed by atoms with E-state index in [0.29, 0.717) is 24.5 Å². The fraction of sp³-hybridized carbons (Fsp3) is 0.552. The predicted octanol–water partition coefficient (Wildman–Crippen LogP) is 5.11. The van der Waals surface area contributed by atoms with Crippen molar-refractivity contribution in [2.75, 3.05) is 27.3 Å². The van der Waals surface area contributed by atoms with Crippen molar-refractivity contribution >= 4 is 5.91 Å². The molecule has 0 saturated heterocycles. The molecule has 1 aliphatic rings. The van der Waals surface area contributed by atoms with E-state index in [0.717, 1.165) is 42.5 Å². The second-order valence-electron chi connectivity index (χ2n) is 9.80. The van der Waals surface area contributed by atoms with E-state index in [1.165, 1.54) is 32.1 Å². The van der Waals surface area contributed by atoms with E-state index in [9.17, 15) is 9.90 Å². The second-order valence-corrected chi connectivity index (χ2v) is 9.80. The molecule has 2 aromatic rings. The number of carbonyl (C=O) groups excluding carboxylic acids is 1. The molecule has 1 unspecified atom stereocenters. The Morgan fingerprint density at radius 3 is 2.50 bits per heavy atom. The summed E-state index contributed by atoms with van der Waals surface area (Å²) < 4.78 is 5.25. The van der Waals surface area contributed by atoms with Gasteiger partial charge in [0.1, 0.15) is 5.60 Å². The van der Waals surface area contributed by atoms with E-state index in [4.69, 9.17) is 10.5 Å². The van der Waals surface area contributed by atoms with Gasteiger partial charge in [0.25, 0.3) is 0 Å². The molecule has 0 spiro atoms. The maximum Gasteiger partial charge on any atom is 0.248 e. The van der Waals surface area contributed by atoms with Crippen LogP contribution in [0.2, 0.25) is 0 Å². The first-order chi connectivity index (χ1) is 16.5. The van der Waals surface area contributed by atoms with E-state index in [2.05, 4.69) is 5.32 Å². The van der Waals surface area contributed by atoms with E-state index in [-0.39, 0.29) is 5.92 Å². The van der Waals surface area contributed by atoms with Crippen LogP contribution in [0.4, 0.5) is 0 Å². The van der Waals surface area contributed by atoms with Crippen LogP contribution in [0, 0.1) is 5.92 Å². The Morgan fingerprint density at radius 2 is 1.85 bits per heavy atom. The number of aliphatic hydroxyl groups is 1. The molecule has 3 rings (SSSR count). The van der Waals surface area contributed by atoms with Crippen LogP contribution in [0.15, 0.2) is 48.5 Å². The third-order valence-electron chi connectivity index (χ3n) is 7.41. The normalized spacial score (nSPS) is 17.3. The molecule has 2 atom stereocenters. The summed E-state index contributed by atoms with van der Waals surface area (Å²) in [6, 6.07) is 15.5. The van der Waals surface area contributed by atoms with Gasteiger partial charge in [0.05, 0.1) is 0 Å². The van der Waals surface area contributed by atoms with Gasteiger partial charge in [-0.05, 0) is 67.3 Å². The molecule has 5 nitrogen and oxygen atoms in total. The monoisotopic (exact) mass is 466 g/mol. The highest BCUT2D eigenvalue weighted by atomic mass is 16.5. The molecule has 0 radical (unpaired) electrons. The van der Waals surface area contributed by atoms with E-state index in [1.54, 1.807) is 7.11 Å². The van der Waals surface area contributed by atoms with Gasteiger partial charge in [0, 0.05) is 25.8 Å². The number of rotatable bonds is 13. The van der Waals surface area contributed by atoms with E-state index >= 15 is 0 Å². The van der Waals surface area contributed by atoms with Gasteiger partial charge in [-0.1, -0.05) is 74.6 Å². The van der Waals surface area contributed by atoms with Gasteiger partial charge in [-0.25, -0.2) is 0 Å². The molecule has 1 fully saturated rings. The number of ether oxygens (including phenoxy) is 1. The first-order valence-electron chi connectivity index (χ1n) is 12.9. The summed E-state index contributed by atoms with van der Waals surface area (Å²) >= 11 is 0. The number of likely N-dealkylation sites (N-methyl/N-ethyl adjacent to an activating group) is 1. The van der Waals surface area contributed by atoms with Crippen molar-refractivity contribution in [3.8, 4) is 0 Å². The molecule has 186 valence electrons. The number of amides is 1. The van der Waals surface area contributed by atoms with Crippen molar-refractivity contribution < 1.29 is 14.6 Å². The molecule has 0 heterocycles. The summed E-state index contributed by atoms with van der Waals surface area (Å²) in [7, 11) is 3.65. The highest BCUT2D eigenvalue weighted by molar-refractivity contribution is 5.95. The summed E-state index contributed by atoms with van der Waals surface area (Å²) in [6.45, 7) is 1.39. The number of primary amides is 1. The number of benzene rings is 2. The fourth-order valence-corrected chi connectivity index (χ4v) is 5.73. The lowest BCUT2D eigenvalue weighted by Gasteiger charge is -2.36. The molecule has 1 amide bonds. The third-order valence-corrected chi connectivity index (χ3v) is 7.41. The minimum atomic E-state index is -1.21. The Balaban J connectivity index is 2.11. The number of nitrogens with two attached hydrogens (primary N) is 1. The third kappa shape index (κ3) is 6.47. The maximum atomic E-state index is 12.6. The molecule has 4 N–H and O–H groups in total. The van der Waals surface area contributed by atoms with Crippen molar-refractivity contribution in [2.24, 2.45) is 11.7 Å². The Kier molecular flexibility index (Phi) is 10.1. The van der Waals surface area contributed by atoms with Crippen molar-refractivity contribution in [3.63, 3.8) is 0 Å². The van der Waals surface area contributed by atoms with Crippen LogP contribution >= 0.6 is 0 Å². The minimum Gasteiger partial charge on any atom is -0.385 e. The molecule has 2 aromatic carbocycles. The lowest BCUT2D eigenvalue weighted by atomic mass is 9.73. The van der Waals surface area contributed by atoms with Gasteiger partial charge in [0.2, 0.25) is 5.91 Å². The van der Waals surface area contributed by atoms with Gasteiger partial charge in [-0.3, -0.25) is 4.79 Å². The highest BCUT2D eigenvalue weighted by Gasteiger charge is 2.37. The zero-order valence-electron chi connectivity index (χ0n) is 20.9. The molecule has 0 bridgehead atoms. The number of hydrogen-bond donors (Lipinski definition) is 3. The standard InChI is InChI=1S/C29H42N2O3/c1-31-21-23(20-22-12-5-3-6-13-22)27-25(28(30)32)16-11-17-26(27)29(33,18-9-10-19-34-2)24-14-7-4-8-15-24/h4,7-8,11,14-17,22-23,31,33H,3,5-6,9-10,12-13,18-21H2,1-2H3,(H2,30,32)/t23-,29?/m1/s1. The summed E-state index contributed by atoms with van der Waals surface area (Å²) in [5, 5.41) is 15.7. The average Bonchev–Trinajstić information content (AvgIpc) is 2.87. The summed E-state index contributed by atoms with van der Waals surface area (Å²) in [5.41, 5.74) is 7.79. The quantitative estimate of drug-likeness (QED) is 0.358. The highest BCUT2D eigenvalue weighted by Crippen LogP contribution is 2.42. The first-order valence-corrected chi connectivity index (χ1v) is 12.9. The number of carbonyl (C=O) groups is 1. The van der Waals surface area contributed by atoms with Gasteiger partial charge in [0.15, 0.2) is 0 Å². The van der Waals surface area contributed by atoms with Crippen LogP contribution < -0.4 is 11.1 Å². The second kappa shape index (κ2) is 13.0. The largest absolute Gasteiger partial charge is 0.385 e. The Morgan fingerprint density at radius 1 is 1.12 bits per heavy atom. The van der Waals surface area contributed by atoms with E-state index in [1.807, 2.05) is 55.6 Å². The molecule has 1 aliphatic carbocycles. The van der Waals surface area contributed by atoms with Crippen molar-refractivity contribution in [3.05, 3.63) is 70.8 Å². The van der Waals surface area contributed by atoms with Gasteiger partial charge >= 0.3 is 0 Å². The van der Waals surface area contributed by atoms with Crippen LogP contribution in [-0.2, 0) is 10.3 Å². The summed E-state index contributed by atoms with van der Waals surface area (Å²) in [4.78, 5) is 12.6. The molecule has 0 aromatic heterocycles. The number of methoxy groups -OCH3 is 1. The zero-order chi connectivity index (χ0) is 24.4. The zero-order valence-corrected chi connectivity index (χ0v) is 20.9. The Bertz CT molecular complexity index is 896. The SMILES string of the molecule is CNC[C@@H](CC1CCCCC1)c1c(C(N)=O)cccc1C(O)(CCCCOC)c1ccccc1. The number of nitrogens with one attached hydrogen (secondary N) is 1. The Hall–Kier alpha value is -2.21. The average molecular weight is 467 g/mol. The van der Waals surface area contributed by atoms with Gasteiger partial charge in [-0.2, -0.15) is 0 Å². The molecule has 1 saturated carbocycles. The molecular weight excluding hydrogens is 424 g/mol. The molecule has 5 heteroatoms. The van der Waals surface area contributed by atoms with E-state index < -0.39 is 11.5 Å². The first kappa shape index (κ1) is 26.4. The minimum absolute atomic E-state index is 0.0982. The topological polar surface area (TPSA) is 84.6 Å². The van der Waals surface area contributed by atoms with Crippen LogP contribution in [0.3, 0.4) is 0 Å². The molecule has 0 aliphatic heterocycles. The Labute approximate surface area is 205 Å². The van der Waals surface area contributed by atoms with Crippen molar-refractivity contribution in [1.82, 2.24) is 5.32 Å². The van der Waals surface area contributed by atoms with Crippen LogP contribution in [0.25, 0.3) is 0 Å². The number of unbranched alkanes of at least 4 members (excludes halogenated alkanes) is 1. The summed E-state index contributed by atoms with van der Waals surface area (Å²) in [6.07, 6.45) is 9.52. The van der Waals surface area contributed by atoms with Crippen LogP contribution in [0.1, 0.15) is 90.8 Å². The lowest BCUT2D eigenvalue weighted by molar-refractivity contribution is 0.0635. The predicted molar refractivity (Wildman–Crippen MR) is 138 cm³/mol. The fourth-order valence-electron chi connectivity index (χ4n) is 5.73. The number of hydrogen-bond acceptors (Lipinski definition) is 4. The lowest BCUT2D eigenvalue weighted by Crippen LogP contribution is -2.33. The maximum absolute atomic E-state index is 12.6. The smallest absolute Gasteiger partial charge is 0.248 e. The van der Waals surface area contributed by atoms with Crippen LogP contribution in [-0.4, -0.2) is 38.3 Å². The van der Waals surface area contributed by atoms with Crippen molar-refractivity contribution in [1.29, 1.82) is 0 Å². The van der Waals surface area contributed by atoms with Gasteiger partial charge < -0.3 is 20.9 Å². The van der Waals surface area contributed by atoms with Gasteiger partial charge in [-0.15, -0.1) is 0 Å².